The molecule has 4 rings (SSSR count). The maximum Gasteiger partial charge on any atom is 0.471 e. The van der Waals surface area contributed by atoms with Gasteiger partial charge in [-0.15, -0.1) is 0 Å². The van der Waals surface area contributed by atoms with Gasteiger partial charge >= 0.3 is 12.1 Å². The summed E-state index contributed by atoms with van der Waals surface area (Å²) in [4.78, 5) is 20.3. The average molecular weight is 389 g/mol. The van der Waals surface area contributed by atoms with E-state index < -0.39 is 17.6 Å². The van der Waals surface area contributed by atoms with E-state index in [1.807, 2.05) is 36.7 Å². The Morgan fingerprint density at radius 3 is 2.61 bits per heavy atom. The van der Waals surface area contributed by atoms with Crippen LogP contribution in [0.25, 0.3) is 22.4 Å². The van der Waals surface area contributed by atoms with Crippen molar-refractivity contribution in [1.29, 1.82) is 0 Å². The highest BCUT2D eigenvalue weighted by Crippen LogP contribution is 2.29. The van der Waals surface area contributed by atoms with Crippen LogP contribution in [0.15, 0.2) is 45.8 Å². The van der Waals surface area contributed by atoms with Crippen LogP contribution in [-0.2, 0) is 19.8 Å². The fourth-order valence-corrected chi connectivity index (χ4v) is 2.89. The van der Waals surface area contributed by atoms with Crippen molar-refractivity contribution in [2.24, 2.45) is 7.05 Å². The van der Waals surface area contributed by atoms with Crippen LogP contribution in [0.5, 0.6) is 0 Å². The molecule has 3 heterocycles. The summed E-state index contributed by atoms with van der Waals surface area (Å²) in [6, 6.07) is 8.52. The molecule has 3 aromatic heterocycles. The lowest BCUT2D eigenvalue weighted by molar-refractivity contribution is -0.159. The molecule has 0 radical (unpaired) electrons. The van der Waals surface area contributed by atoms with Gasteiger partial charge in [0.15, 0.2) is 0 Å². The number of imidazole rings is 1. The van der Waals surface area contributed by atoms with Gasteiger partial charge in [0.2, 0.25) is 5.82 Å². The minimum Gasteiger partial charge on any atom is -0.330 e. The van der Waals surface area contributed by atoms with E-state index in [0.29, 0.717) is 5.82 Å². The van der Waals surface area contributed by atoms with Gasteiger partial charge in [-0.25, -0.2) is 4.98 Å². The van der Waals surface area contributed by atoms with Gasteiger partial charge < -0.3 is 13.7 Å². The summed E-state index contributed by atoms with van der Waals surface area (Å²) in [5, 5.41) is 3.29. The van der Waals surface area contributed by atoms with E-state index >= 15 is 0 Å². The SMILES string of the molecule is Cc1ccc2c(c1)nc(Cn1ccc(-c3noc(C(F)(F)F)n3)cc1=O)n2C. The first-order valence-corrected chi connectivity index (χ1v) is 8.26. The quantitative estimate of drug-likeness (QED) is 0.538. The average Bonchev–Trinajstić information content (AvgIpc) is 3.22. The molecule has 0 unspecified atom stereocenters. The molecule has 0 bridgehead atoms. The van der Waals surface area contributed by atoms with Crippen molar-refractivity contribution in [2.75, 3.05) is 0 Å². The molecule has 0 spiro atoms. The van der Waals surface area contributed by atoms with Gasteiger partial charge in [0.25, 0.3) is 5.56 Å². The zero-order valence-electron chi connectivity index (χ0n) is 14.9. The Hall–Kier alpha value is -3.43. The molecule has 28 heavy (non-hydrogen) atoms. The number of hydrogen-bond acceptors (Lipinski definition) is 5. The second-order valence-electron chi connectivity index (χ2n) is 6.38. The monoisotopic (exact) mass is 389 g/mol. The van der Waals surface area contributed by atoms with Crippen molar-refractivity contribution in [3.8, 4) is 11.4 Å². The summed E-state index contributed by atoms with van der Waals surface area (Å²) in [5.41, 5.74) is 2.57. The first-order valence-electron chi connectivity index (χ1n) is 8.26. The second-order valence-corrected chi connectivity index (χ2v) is 6.38. The van der Waals surface area contributed by atoms with Crippen molar-refractivity contribution in [1.82, 2.24) is 24.3 Å². The normalized spacial score (nSPS) is 12.0. The molecule has 0 aliphatic carbocycles. The second kappa shape index (κ2) is 6.32. The van der Waals surface area contributed by atoms with E-state index in [4.69, 9.17) is 0 Å². The fraction of sp³-hybridized carbons (Fsp3) is 0.222. The Kier molecular flexibility index (Phi) is 4.06. The van der Waals surface area contributed by atoms with Crippen LogP contribution in [-0.4, -0.2) is 24.3 Å². The van der Waals surface area contributed by atoms with Crippen LogP contribution in [0.4, 0.5) is 13.2 Å². The molecule has 0 amide bonds. The van der Waals surface area contributed by atoms with Gasteiger partial charge in [0, 0.05) is 24.9 Å². The van der Waals surface area contributed by atoms with Crippen LogP contribution in [0.1, 0.15) is 17.3 Å². The first-order chi connectivity index (χ1) is 13.2. The third kappa shape index (κ3) is 3.17. The Morgan fingerprint density at radius 1 is 1.14 bits per heavy atom. The van der Waals surface area contributed by atoms with Crippen molar-refractivity contribution in [3.05, 3.63) is 64.2 Å². The Balaban J connectivity index is 1.65. The Labute approximate surface area is 156 Å². The van der Waals surface area contributed by atoms with Crippen LogP contribution in [0, 0.1) is 6.92 Å². The summed E-state index contributed by atoms with van der Waals surface area (Å²) in [7, 11) is 1.86. The predicted octanol–water partition coefficient (Wildman–Crippen LogP) is 3.16. The number of nitrogens with zero attached hydrogens (tertiary/aromatic N) is 5. The smallest absolute Gasteiger partial charge is 0.330 e. The topological polar surface area (TPSA) is 78.7 Å². The van der Waals surface area contributed by atoms with Crippen molar-refractivity contribution >= 4 is 11.0 Å². The first kappa shape index (κ1) is 18.0. The van der Waals surface area contributed by atoms with Gasteiger partial charge in [-0.1, -0.05) is 11.2 Å². The van der Waals surface area contributed by atoms with Gasteiger partial charge in [-0.3, -0.25) is 4.79 Å². The standard InChI is InChI=1S/C18H14F3N5O2/c1-10-3-4-13-12(7-10)22-14(25(13)2)9-26-6-5-11(8-15(26)27)16-23-17(28-24-16)18(19,20)21/h3-8H,9H2,1-2H3. The zero-order valence-corrected chi connectivity index (χ0v) is 14.9. The molecule has 0 aliphatic rings. The van der Waals surface area contributed by atoms with E-state index in [9.17, 15) is 18.0 Å². The lowest BCUT2D eigenvalue weighted by Crippen LogP contribution is -2.20. The lowest BCUT2D eigenvalue weighted by atomic mass is 10.2. The number of halogens is 3. The summed E-state index contributed by atoms with van der Waals surface area (Å²) >= 11 is 0. The number of hydrogen-bond donors (Lipinski definition) is 0. The highest BCUT2D eigenvalue weighted by atomic mass is 19.4. The molecule has 1 aromatic carbocycles. The van der Waals surface area contributed by atoms with Crippen molar-refractivity contribution < 1.29 is 17.7 Å². The zero-order chi connectivity index (χ0) is 20.1. The van der Waals surface area contributed by atoms with Crippen LogP contribution in [0.3, 0.4) is 0 Å². The molecule has 4 aromatic rings. The molecule has 0 saturated heterocycles. The highest BCUT2D eigenvalue weighted by Gasteiger charge is 2.38. The molecular formula is C18H14F3N5O2. The largest absolute Gasteiger partial charge is 0.471 e. The third-order valence-electron chi connectivity index (χ3n) is 4.36. The number of alkyl halides is 3. The number of benzene rings is 1. The van der Waals surface area contributed by atoms with Crippen molar-refractivity contribution in [3.63, 3.8) is 0 Å². The van der Waals surface area contributed by atoms with Crippen LogP contribution >= 0.6 is 0 Å². The van der Waals surface area contributed by atoms with Crippen molar-refractivity contribution in [2.45, 2.75) is 19.6 Å². The van der Waals surface area contributed by atoms with E-state index in [0.717, 1.165) is 22.7 Å². The Bertz CT molecular complexity index is 1240. The number of rotatable bonds is 3. The number of aryl methyl sites for hydroxylation is 2. The van der Waals surface area contributed by atoms with Gasteiger partial charge in [-0.05, 0) is 30.7 Å². The third-order valence-corrected chi connectivity index (χ3v) is 4.36. The number of aromatic nitrogens is 5. The molecule has 0 atom stereocenters. The molecular weight excluding hydrogens is 375 g/mol. The molecule has 0 fully saturated rings. The predicted molar refractivity (Wildman–Crippen MR) is 93.5 cm³/mol. The van der Waals surface area contributed by atoms with Gasteiger partial charge in [0.05, 0.1) is 17.6 Å². The van der Waals surface area contributed by atoms with E-state index in [1.54, 1.807) is 0 Å². The maximum absolute atomic E-state index is 12.6. The van der Waals surface area contributed by atoms with Gasteiger partial charge in [-0.2, -0.15) is 18.2 Å². The van der Waals surface area contributed by atoms with Crippen LogP contribution in [0.2, 0.25) is 0 Å². The summed E-state index contributed by atoms with van der Waals surface area (Å²) in [6.07, 6.45) is -3.27. The van der Waals surface area contributed by atoms with E-state index in [-0.39, 0.29) is 17.9 Å². The molecule has 0 aliphatic heterocycles. The summed E-state index contributed by atoms with van der Waals surface area (Å²) < 4.78 is 45.2. The minimum absolute atomic E-state index is 0.140. The van der Waals surface area contributed by atoms with E-state index in [2.05, 4.69) is 19.6 Å². The van der Waals surface area contributed by atoms with Crippen LogP contribution < -0.4 is 5.56 Å². The molecule has 0 saturated carbocycles. The molecule has 0 N–H and O–H groups in total. The van der Waals surface area contributed by atoms with E-state index in [1.165, 1.54) is 16.8 Å². The molecule has 7 nitrogen and oxygen atoms in total. The lowest BCUT2D eigenvalue weighted by Gasteiger charge is -2.06. The summed E-state index contributed by atoms with van der Waals surface area (Å²) in [5.74, 6) is -1.08. The Morgan fingerprint density at radius 2 is 1.93 bits per heavy atom. The summed E-state index contributed by atoms with van der Waals surface area (Å²) in [6.45, 7) is 2.18. The number of fused-ring (bicyclic) bond motifs is 1. The molecule has 10 heteroatoms. The fourth-order valence-electron chi connectivity index (χ4n) is 2.89. The minimum atomic E-state index is -4.74. The number of pyridine rings is 1. The van der Waals surface area contributed by atoms with Gasteiger partial charge in [0.1, 0.15) is 5.82 Å². The molecule has 144 valence electrons. The maximum atomic E-state index is 12.6. The highest BCUT2D eigenvalue weighted by molar-refractivity contribution is 5.76.